The van der Waals surface area contributed by atoms with Crippen LogP contribution < -0.4 is 4.90 Å². The Labute approximate surface area is 106 Å². The lowest BCUT2D eigenvalue weighted by Gasteiger charge is -2.36. The third kappa shape index (κ3) is 2.90. The van der Waals surface area contributed by atoms with Gasteiger partial charge in [0.15, 0.2) is 0 Å². The number of alkyl halides is 1. The fourth-order valence-corrected chi connectivity index (χ4v) is 1.97. The third-order valence-electron chi connectivity index (χ3n) is 3.09. The van der Waals surface area contributed by atoms with Gasteiger partial charge in [0.25, 0.3) is 0 Å². The van der Waals surface area contributed by atoms with E-state index in [2.05, 4.69) is 15.1 Å². The maximum absolute atomic E-state index is 8.91. The van der Waals surface area contributed by atoms with E-state index in [1.165, 1.54) is 6.42 Å². The van der Waals surface area contributed by atoms with Crippen LogP contribution in [0.15, 0.2) is 4.42 Å². The fraction of sp³-hybridized carbons (Fsp3) is 0.818. The molecule has 5 nitrogen and oxygen atoms in total. The number of rotatable bonds is 6. The minimum Gasteiger partial charge on any atom is -0.406 e. The van der Waals surface area contributed by atoms with Gasteiger partial charge in [-0.05, 0) is 32.6 Å². The van der Waals surface area contributed by atoms with Crippen molar-refractivity contribution in [1.82, 2.24) is 10.2 Å². The predicted molar refractivity (Wildman–Crippen MR) is 65.3 cm³/mol. The number of halogens is 1. The first-order valence-corrected chi connectivity index (χ1v) is 6.51. The average Bonchev–Trinajstić information content (AvgIpc) is 2.70. The smallest absolute Gasteiger partial charge is 0.318 e. The van der Waals surface area contributed by atoms with Crippen LogP contribution in [0.3, 0.4) is 0 Å². The van der Waals surface area contributed by atoms with E-state index in [-0.39, 0.29) is 12.0 Å². The molecule has 1 aromatic rings. The Hall–Kier alpha value is -0.810. The normalized spacial score (nSPS) is 17.8. The molecule has 0 aromatic carbocycles. The molecule has 1 aliphatic rings. The van der Waals surface area contributed by atoms with Gasteiger partial charge in [-0.25, -0.2) is 0 Å². The molecule has 0 spiro atoms. The molecule has 1 heterocycles. The van der Waals surface area contributed by atoms with Gasteiger partial charge >= 0.3 is 6.01 Å². The summed E-state index contributed by atoms with van der Waals surface area (Å²) in [6.07, 6.45) is 4.26. The number of aliphatic hydroxyl groups is 1. The Morgan fingerprint density at radius 1 is 1.53 bits per heavy atom. The van der Waals surface area contributed by atoms with Crippen molar-refractivity contribution in [1.29, 1.82) is 0 Å². The second-order valence-electron chi connectivity index (χ2n) is 4.39. The second-order valence-corrected chi connectivity index (χ2v) is 5.05. The molecule has 1 N–H and O–H groups in total. The van der Waals surface area contributed by atoms with E-state index in [9.17, 15) is 0 Å². The topological polar surface area (TPSA) is 62.4 Å². The molecule has 0 radical (unpaired) electrons. The predicted octanol–water partition coefficient (Wildman–Crippen LogP) is 2.11. The standard InChI is InChI=1S/C11H18ClN3O2/c1-8(12)10-13-14-11(17-10)15(6-3-7-16)9-4-2-5-9/h8-9,16H,2-7H2,1H3. The van der Waals surface area contributed by atoms with Crippen molar-refractivity contribution in [2.24, 2.45) is 0 Å². The maximum atomic E-state index is 8.91. The zero-order valence-corrected chi connectivity index (χ0v) is 10.7. The molecule has 96 valence electrons. The van der Waals surface area contributed by atoms with Crippen molar-refractivity contribution in [2.45, 2.75) is 44.0 Å². The Kier molecular flexibility index (Phi) is 4.23. The zero-order chi connectivity index (χ0) is 12.3. The average molecular weight is 260 g/mol. The first-order valence-electron chi connectivity index (χ1n) is 6.07. The molecule has 1 atom stereocenters. The van der Waals surface area contributed by atoms with E-state index in [4.69, 9.17) is 21.1 Å². The summed E-state index contributed by atoms with van der Waals surface area (Å²) < 4.78 is 5.55. The summed E-state index contributed by atoms with van der Waals surface area (Å²) in [4.78, 5) is 2.09. The summed E-state index contributed by atoms with van der Waals surface area (Å²) in [5.74, 6) is 0.454. The van der Waals surface area contributed by atoms with E-state index in [1.54, 1.807) is 6.92 Å². The molecule has 2 rings (SSSR count). The Bertz CT molecular complexity index is 352. The molecule has 0 aliphatic heterocycles. The van der Waals surface area contributed by atoms with Gasteiger partial charge in [-0.1, -0.05) is 5.10 Å². The lowest BCUT2D eigenvalue weighted by Crippen LogP contribution is -2.41. The molecule has 1 aliphatic carbocycles. The van der Waals surface area contributed by atoms with Gasteiger partial charge in [0, 0.05) is 19.2 Å². The summed E-state index contributed by atoms with van der Waals surface area (Å²) in [5.41, 5.74) is 0. The second kappa shape index (κ2) is 5.69. The van der Waals surface area contributed by atoms with Gasteiger partial charge in [-0.15, -0.1) is 16.7 Å². The van der Waals surface area contributed by atoms with Crippen molar-refractivity contribution < 1.29 is 9.52 Å². The van der Waals surface area contributed by atoms with Crippen LogP contribution in [0.25, 0.3) is 0 Å². The Balaban J connectivity index is 2.07. The van der Waals surface area contributed by atoms with Crippen molar-refractivity contribution in [3.63, 3.8) is 0 Å². The number of aromatic nitrogens is 2. The lowest BCUT2D eigenvalue weighted by molar-refractivity contribution is 0.279. The van der Waals surface area contributed by atoms with E-state index in [0.717, 1.165) is 19.4 Å². The highest BCUT2D eigenvalue weighted by Gasteiger charge is 2.28. The van der Waals surface area contributed by atoms with Crippen LogP contribution in [0.4, 0.5) is 6.01 Å². The quantitative estimate of drug-likeness (QED) is 0.793. The molecular formula is C11H18ClN3O2. The molecule has 1 unspecified atom stereocenters. The van der Waals surface area contributed by atoms with Crippen LogP contribution in [0, 0.1) is 0 Å². The first-order chi connectivity index (χ1) is 8.22. The monoisotopic (exact) mass is 259 g/mol. The minimum absolute atomic E-state index is 0.177. The minimum atomic E-state index is -0.266. The van der Waals surface area contributed by atoms with Crippen molar-refractivity contribution in [3.8, 4) is 0 Å². The molecule has 6 heteroatoms. The van der Waals surface area contributed by atoms with E-state index in [1.807, 2.05) is 0 Å². The Morgan fingerprint density at radius 3 is 2.76 bits per heavy atom. The molecule has 1 aromatic heterocycles. The maximum Gasteiger partial charge on any atom is 0.318 e. The molecular weight excluding hydrogens is 242 g/mol. The largest absolute Gasteiger partial charge is 0.406 e. The van der Waals surface area contributed by atoms with Gasteiger partial charge in [0.05, 0.1) is 0 Å². The van der Waals surface area contributed by atoms with Crippen LogP contribution in [0.1, 0.15) is 43.9 Å². The van der Waals surface area contributed by atoms with Crippen molar-refractivity contribution in [2.75, 3.05) is 18.1 Å². The first kappa shape index (κ1) is 12.6. The van der Waals surface area contributed by atoms with Gasteiger partial charge in [0.1, 0.15) is 5.38 Å². The number of hydrogen-bond donors (Lipinski definition) is 1. The van der Waals surface area contributed by atoms with Gasteiger partial charge in [-0.2, -0.15) is 0 Å². The SMILES string of the molecule is CC(Cl)c1nnc(N(CCCO)C2CCC2)o1. The molecule has 17 heavy (non-hydrogen) atoms. The van der Waals surface area contributed by atoms with Crippen molar-refractivity contribution >= 4 is 17.6 Å². The zero-order valence-electron chi connectivity index (χ0n) is 9.97. The van der Waals surface area contributed by atoms with Crippen LogP contribution in [0.5, 0.6) is 0 Å². The number of hydrogen-bond acceptors (Lipinski definition) is 5. The molecule has 0 bridgehead atoms. The van der Waals surface area contributed by atoms with Crippen molar-refractivity contribution in [3.05, 3.63) is 5.89 Å². The van der Waals surface area contributed by atoms with Gasteiger partial charge in [-0.3, -0.25) is 0 Å². The molecule has 0 saturated heterocycles. The summed E-state index contributed by atoms with van der Waals surface area (Å²) in [6, 6.07) is 1.01. The summed E-state index contributed by atoms with van der Waals surface area (Å²) in [7, 11) is 0. The number of anilines is 1. The van der Waals surface area contributed by atoms with Crippen LogP contribution in [-0.2, 0) is 0 Å². The highest BCUT2D eigenvalue weighted by molar-refractivity contribution is 6.20. The van der Waals surface area contributed by atoms with Crippen LogP contribution >= 0.6 is 11.6 Å². The molecule has 1 fully saturated rings. The fourth-order valence-electron chi connectivity index (χ4n) is 1.88. The lowest BCUT2D eigenvalue weighted by atomic mass is 9.91. The summed E-state index contributed by atoms with van der Waals surface area (Å²) in [5, 5.41) is 16.6. The van der Waals surface area contributed by atoms with Gasteiger partial charge in [0.2, 0.25) is 5.89 Å². The van der Waals surface area contributed by atoms with E-state index < -0.39 is 0 Å². The van der Waals surface area contributed by atoms with E-state index >= 15 is 0 Å². The molecule has 1 saturated carbocycles. The highest BCUT2D eigenvalue weighted by atomic mass is 35.5. The third-order valence-corrected chi connectivity index (χ3v) is 3.28. The summed E-state index contributed by atoms with van der Waals surface area (Å²) >= 11 is 5.90. The van der Waals surface area contributed by atoms with Gasteiger partial charge < -0.3 is 14.4 Å². The summed E-state index contributed by atoms with van der Waals surface area (Å²) in [6.45, 7) is 2.73. The number of nitrogens with zero attached hydrogens (tertiary/aromatic N) is 3. The highest BCUT2D eigenvalue weighted by Crippen LogP contribution is 2.30. The van der Waals surface area contributed by atoms with Crippen LogP contribution in [-0.4, -0.2) is 34.5 Å². The molecule has 0 amide bonds. The van der Waals surface area contributed by atoms with E-state index in [0.29, 0.717) is 24.4 Å². The number of aliphatic hydroxyl groups excluding tert-OH is 1. The van der Waals surface area contributed by atoms with Crippen LogP contribution in [0.2, 0.25) is 0 Å². The Morgan fingerprint density at radius 2 is 2.29 bits per heavy atom.